The van der Waals surface area contributed by atoms with Crippen molar-refractivity contribution in [2.75, 3.05) is 20.1 Å². The minimum absolute atomic E-state index is 0.0428. The summed E-state index contributed by atoms with van der Waals surface area (Å²) in [7, 11) is 1.86. The average Bonchev–Trinajstić information content (AvgIpc) is 2.38. The summed E-state index contributed by atoms with van der Waals surface area (Å²) in [6.07, 6.45) is 2.19. The molecule has 0 unspecified atom stereocenters. The highest BCUT2D eigenvalue weighted by Gasteiger charge is 2.22. The predicted octanol–water partition coefficient (Wildman–Crippen LogP) is 2.16. The molecule has 1 N–H and O–H groups in total. The zero-order chi connectivity index (χ0) is 12.3. The van der Waals surface area contributed by atoms with Gasteiger partial charge >= 0.3 is 0 Å². The number of halogens is 1. The van der Waals surface area contributed by atoms with Crippen molar-refractivity contribution in [1.82, 2.24) is 10.2 Å². The maximum Gasteiger partial charge on any atom is 0.253 e. The van der Waals surface area contributed by atoms with Gasteiger partial charge in [-0.15, -0.1) is 0 Å². The molecule has 0 saturated carbocycles. The fourth-order valence-corrected chi connectivity index (χ4v) is 2.35. The van der Waals surface area contributed by atoms with E-state index in [4.69, 9.17) is 11.6 Å². The zero-order valence-electron chi connectivity index (χ0n) is 9.95. The Morgan fingerprint density at radius 3 is 3.00 bits per heavy atom. The van der Waals surface area contributed by atoms with Crippen LogP contribution in [-0.2, 0) is 0 Å². The molecule has 0 spiro atoms. The number of hydrogen-bond acceptors (Lipinski definition) is 2. The fraction of sp³-hybridized carbons (Fsp3) is 0.462. The molecule has 1 aromatic carbocycles. The molecule has 2 rings (SSSR count). The molecule has 1 aliphatic heterocycles. The van der Waals surface area contributed by atoms with Crippen molar-refractivity contribution >= 4 is 17.5 Å². The molecule has 0 radical (unpaired) electrons. The third kappa shape index (κ3) is 2.99. The monoisotopic (exact) mass is 252 g/mol. The van der Waals surface area contributed by atoms with Gasteiger partial charge in [0, 0.05) is 30.2 Å². The van der Waals surface area contributed by atoms with Gasteiger partial charge in [-0.25, -0.2) is 0 Å². The van der Waals surface area contributed by atoms with E-state index in [1.165, 1.54) is 0 Å². The van der Waals surface area contributed by atoms with Gasteiger partial charge in [-0.05, 0) is 37.6 Å². The molecule has 1 atom stereocenters. The van der Waals surface area contributed by atoms with Crippen molar-refractivity contribution in [2.24, 2.45) is 0 Å². The van der Waals surface area contributed by atoms with Crippen LogP contribution in [0.2, 0.25) is 5.02 Å². The first kappa shape index (κ1) is 12.4. The van der Waals surface area contributed by atoms with E-state index in [2.05, 4.69) is 5.32 Å². The summed E-state index contributed by atoms with van der Waals surface area (Å²) in [5, 5.41) is 3.92. The number of carbonyl (C=O) groups excluding carboxylic acids is 1. The smallest absolute Gasteiger partial charge is 0.253 e. The molecule has 1 saturated heterocycles. The maximum absolute atomic E-state index is 12.2. The Morgan fingerprint density at radius 1 is 1.53 bits per heavy atom. The average molecular weight is 253 g/mol. The predicted molar refractivity (Wildman–Crippen MR) is 69.4 cm³/mol. The molecule has 1 aromatic rings. The summed E-state index contributed by atoms with van der Waals surface area (Å²) in [6, 6.07) is 7.40. The second-order valence-electron chi connectivity index (χ2n) is 4.43. The van der Waals surface area contributed by atoms with E-state index >= 15 is 0 Å². The van der Waals surface area contributed by atoms with Gasteiger partial charge in [-0.1, -0.05) is 17.7 Å². The molecule has 17 heavy (non-hydrogen) atoms. The van der Waals surface area contributed by atoms with E-state index < -0.39 is 0 Å². The van der Waals surface area contributed by atoms with Crippen LogP contribution >= 0.6 is 11.6 Å². The Bertz CT molecular complexity index is 402. The lowest BCUT2D eigenvalue weighted by Gasteiger charge is -2.31. The van der Waals surface area contributed by atoms with Gasteiger partial charge in [0.2, 0.25) is 0 Å². The molecule has 1 aliphatic rings. The van der Waals surface area contributed by atoms with Crippen molar-refractivity contribution in [3.05, 3.63) is 34.9 Å². The SMILES string of the molecule is CN(C(=O)c1cccc(Cl)c1)[C@@H]1CCCNC1. The summed E-state index contributed by atoms with van der Waals surface area (Å²) < 4.78 is 0. The number of hydrogen-bond donors (Lipinski definition) is 1. The van der Waals surface area contributed by atoms with Crippen LogP contribution in [0.1, 0.15) is 23.2 Å². The molecule has 0 aromatic heterocycles. The van der Waals surface area contributed by atoms with Crippen LogP contribution in [-0.4, -0.2) is 37.0 Å². The number of rotatable bonds is 2. The number of carbonyl (C=O) groups is 1. The van der Waals surface area contributed by atoms with Crippen molar-refractivity contribution < 1.29 is 4.79 Å². The highest BCUT2D eigenvalue weighted by molar-refractivity contribution is 6.30. The lowest BCUT2D eigenvalue weighted by Crippen LogP contribution is -2.46. The lowest BCUT2D eigenvalue weighted by molar-refractivity contribution is 0.0708. The molecule has 0 aliphatic carbocycles. The van der Waals surface area contributed by atoms with E-state index in [1.807, 2.05) is 18.0 Å². The molecular formula is C13H17ClN2O. The summed E-state index contributed by atoms with van der Waals surface area (Å²) in [5.74, 6) is 0.0428. The van der Waals surface area contributed by atoms with Gasteiger partial charge in [0.25, 0.3) is 5.91 Å². The van der Waals surface area contributed by atoms with Crippen LogP contribution in [0.15, 0.2) is 24.3 Å². The van der Waals surface area contributed by atoms with Gasteiger partial charge in [-0.2, -0.15) is 0 Å². The number of likely N-dealkylation sites (N-methyl/N-ethyl adjacent to an activating group) is 1. The number of benzene rings is 1. The van der Waals surface area contributed by atoms with Crippen LogP contribution in [0, 0.1) is 0 Å². The van der Waals surface area contributed by atoms with Gasteiger partial charge in [-0.3, -0.25) is 4.79 Å². The molecular weight excluding hydrogens is 236 g/mol. The van der Waals surface area contributed by atoms with Gasteiger partial charge < -0.3 is 10.2 Å². The third-order valence-corrected chi connectivity index (χ3v) is 3.45. The normalized spacial score (nSPS) is 20.0. The largest absolute Gasteiger partial charge is 0.337 e. The van der Waals surface area contributed by atoms with E-state index in [9.17, 15) is 4.79 Å². The Hall–Kier alpha value is -1.06. The number of amides is 1. The molecule has 1 amide bonds. The van der Waals surface area contributed by atoms with Crippen molar-refractivity contribution in [3.63, 3.8) is 0 Å². The Kier molecular flexibility index (Phi) is 4.02. The fourth-order valence-electron chi connectivity index (χ4n) is 2.15. The van der Waals surface area contributed by atoms with E-state index in [0.29, 0.717) is 10.6 Å². The lowest BCUT2D eigenvalue weighted by atomic mass is 10.1. The Labute approximate surface area is 107 Å². The van der Waals surface area contributed by atoms with Crippen LogP contribution in [0.4, 0.5) is 0 Å². The molecule has 0 bridgehead atoms. The van der Waals surface area contributed by atoms with Crippen molar-refractivity contribution in [3.8, 4) is 0 Å². The number of nitrogens with one attached hydrogen (secondary N) is 1. The highest BCUT2D eigenvalue weighted by Crippen LogP contribution is 2.15. The number of piperidine rings is 1. The second-order valence-corrected chi connectivity index (χ2v) is 4.86. The molecule has 1 heterocycles. The van der Waals surface area contributed by atoms with E-state index in [0.717, 1.165) is 25.9 Å². The minimum atomic E-state index is 0.0428. The standard InChI is InChI=1S/C13H17ClN2O/c1-16(12-6-3-7-15-9-12)13(17)10-4-2-5-11(14)8-10/h2,4-5,8,12,15H,3,6-7,9H2,1H3/t12-/m1/s1. The summed E-state index contributed by atoms with van der Waals surface area (Å²) >= 11 is 5.90. The van der Waals surface area contributed by atoms with Crippen LogP contribution in [0.3, 0.4) is 0 Å². The number of nitrogens with zero attached hydrogens (tertiary/aromatic N) is 1. The summed E-state index contributed by atoms with van der Waals surface area (Å²) in [6.45, 7) is 1.93. The van der Waals surface area contributed by atoms with E-state index in [1.54, 1.807) is 18.2 Å². The summed E-state index contributed by atoms with van der Waals surface area (Å²) in [5.41, 5.74) is 0.658. The van der Waals surface area contributed by atoms with Crippen LogP contribution in [0.25, 0.3) is 0 Å². The minimum Gasteiger partial charge on any atom is -0.337 e. The maximum atomic E-state index is 12.2. The van der Waals surface area contributed by atoms with Crippen molar-refractivity contribution in [2.45, 2.75) is 18.9 Å². The Morgan fingerprint density at radius 2 is 2.35 bits per heavy atom. The van der Waals surface area contributed by atoms with Crippen molar-refractivity contribution in [1.29, 1.82) is 0 Å². The van der Waals surface area contributed by atoms with E-state index in [-0.39, 0.29) is 11.9 Å². The first-order valence-electron chi connectivity index (χ1n) is 5.92. The molecule has 1 fully saturated rings. The van der Waals surface area contributed by atoms with Gasteiger partial charge in [0.05, 0.1) is 0 Å². The first-order valence-corrected chi connectivity index (χ1v) is 6.30. The molecule has 3 nitrogen and oxygen atoms in total. The summed E-state index contributed by atoms with van der Waals surface area (Å²) in [4.78, 5) is 14.1. The van der Waals surface area contributed by atoms with Crippen LogP contribution < -0.4 is 5.32 Å². The third-order valence-electron chi connectivity index (χ3n) is 3.21. The highest BCUT2D eigenvalue weighted by atomic mass is 35.5. The van der Waals surface area contributed by atoms with Crippen LogP contribution in [0.5, 0.6) is 0 Å². The quantitative estimate of drug-likeness (QED) is 0.875. The topological polar surface area (TPSA) is 32.3 Å². The Balaban J connectivity index is 2.08. The van der Waals surface area contributed by atoms with Gasteiger partial charge in [0.15, 0.2) is 0 Å². The van der Waals surface area contributed by atoms with Gasteiger partial charge in [0.1, 0.15) is 0 Å². The molecule has 4 heteroatoms. The second kappa shape index (κ2) is 5.52. The zero-order valence-corrected chi connectivity index (χ0v) is 10.7. The first-order chi connectivity index (χ1) is 8.18. The molecule has 92 valence electrons.